The molecule has 0 saturated heterocycles. The Balaban J connectivity index is -0.0000000150. The van der Waals surface area contributed by atoms with E-state index >= 15 is 0 Å². The van der Waals surface area contributed by atoms with Crippen molar-refractivity contribution in [2.24, 2.45) is 0 Å². The number of hydrogen-bond donors (Lipinski definition) is 0. The van der Waals surface area contributed by atoms with Crippen LogP contribution >= 0.6 is 0 Å². The summed E-state index contributed by atoms with van der Waals surface area (Å²) >= 11 is -4.20. The first-order valence-electron chi connectivity index (χ1n) is 0.548. The predicted octanol–water partition coefficient (Wildman–Crippen LogP) is -10.8. The van der Waals surface area contributed by atoms with Crippen molar-refractivity contribution in [3.05, 3.63) is 0 Å². The molecule has 0 aromatic rings. The molecule has 0 aliphatic rings. The number of halogens is 1. The second kappa shape index (κ2) is 16.5. The molecule has 7 heteroatoms. The summed E-state index contributed by atoms with van der Waals surface area (Å²) < 4.78 is 25.8. The zero-order chi connectivity index (χ0) is 3.58. The van der Waals surface area contributed by atoms with Gasteiger partial charge in [0.15, 0.2) is 0 Å². The van der Waals surface area contributed by atoms with E-state index in [4.69, 9.17) is 9.42 Å². The first-order chi connectivity index (χ1) is 1.73. The van der Waals surface area contributed by atoms with Gasteiger partial charge in [-0.25, -0.2) is 0 Å². The monoisotopic (exact) mass is 358 g/mol. The molecule has 0 heterocycles. The van der Waals surface area contributed by atoms with Gasteiger partial charge in [0.25, 0.3) is 0 Å². The van der Waals surface area contributed by atoms with Gasteiger partial charge in [0.1, 0.15) is 0 Å². The quantitative estimate of drug-likeness (QED) is 0.404. The molecule has 7 heavy (non-hydrogen) atoms. The maximum Gasteiger partial charge on any atom is 1.00 e. The second-order valence-electron chi connectivity index (χ2n) is 0.224. The number of hydrogen-bond acceptors (Lipinski definition) is 3. The summed E-state index contributed by atoms with van der Waals surface area (Å²) in [4.78, 5) is 0. The zero-order valence-corrected chi connectivity index (χ0v) is 16.4. The van der Waals surface area contributed by atoms with Crippen LogP contribution in [0.4, 0.5) is 0 Å². The molecule has 32 valence electrons. The summed E-state index contributed by atoms with van der Waals surface area (Å²) in [6.45, 7) is 0. The predicted molar refractivity (Wildman–Crippen MR) is 7.13 cm³/mol. The summed E-state index contributed by atoms with van der Waals surface area (Å²) in [5.41, 5.74) is 0. The molecule has 0 saturated carbocycles. The fraction of sp³-hybridized carbons (Fsp3) is 0. The van der Waals surface area contributed by atoms with E-state index < -0.39 is 20.6 Å². The van der Waals surface area contributed by atoms with Gasteiger partial charge in [-0.05, 0) is 0 Å². The van der Waals surface area contributed by atoms with E-state index in [9.17, 15) is 0 Å². The Morgan fingerprint density at radius 3 is 1.14 bits per heavy atom. The van der Waals surface area contributed by atoms with Crippen LogP contribution in [0.15, 0.2) is 0 Å². The van der Waals surface area contributed by atoms with Gasteiger partial charge < -0.3 is 4.70 Å². The SMILES string of the molecule is [F-].[O]=[Sb](=[O])[O-].[Rb+].[Rb+]. The van der Waals surface area contributed by atoms with Crippen molar-refractivity contribution >= 4 is 20.6 Å². The molecule has 0 atom stereocenters. The van der Waals surface area contributed by atoms with Gasteiger partial charge in [-0.2, -0.15) is 0 Å². The van der Waals surface area contributed by atoms with E-state index in [1.165, 1.54) is 0 Å². The molecule has 0 aliphatic carbocycles. The van der Waals surface area contributed by atoms with Crippen LogP contribution in [-0.2, 0) is 6.03 Å². The van der Waals surface area contributed by atoms with Crippen LogP contribution in [0.3, 0.4) is 0 Å². The van der Waals surface area contributed by atoms with E-state index in [1.807, 2.05) is 0 Å². The fourth-order valence-corrected chi connectivity index (χ4v) is 0. The van der Waals surface area contributed by atoms with Gasteiger partial charge in [0.05, 0.1) is 0 Å². The van der Waals surface area contributed by atoms with Gasteiger partial charge in [-0.1, -0.05) is 0 Å². The average Bonchev–Trinajstić information content (AvgIpc) is 0.811. The van der Waals surface area contributed by atoms with Crippen molar-refractivity contribution < 1.29 is 130 Å². The molecule has 0 aliphatic heterocycles. The van der Waals surface area contributed by atoms with Crippen LogP contribution in [0.1, 0.15) is 0 Å². The van der Waals surface area contributed by atoms with E-state index in [0.717, 1.165) is 0 Å². The smallest absolute Gasteiger partial charge is 1.00 e. The standard InChI is InChI=1S/FH.3O.2Rb.Sb/h1H;;;;;;/q;;;-1;2*+1;/p-1. The molecule has 0 amide bonds. The average molecular weight is 360 g/mol. The molecule has 0 radical (unpaired) electrons. The molecule has 0 aromatic heterocycles. The third kappa shape index (κ3) is 40.5. The second-order valence-corrected chi connectivity index (χ2v) is 1.50. The Morgan fingerprint density at radius 2 is 1.14 bits per heavy atom. The topological polar surface area (TPSA) is 57.2 Å². The Hall–Kier alpha value is 3.92. The third-order valence-electron chi connectivity index (χ3n) is 0. The Labute approximate surface area is 146 Å². The van der Waals surface area contributed by atoms with E-state index in [-0.39, 0.29) is 121 Å². The normalized spacial score (nSPS) is 3.57. The van der Waals surface area contributed by atoms with Gasteiger partial charge in [0, 0.05) is 0 Å². The molecule has 0 rings (SSSR count). The summed E-state index contributed by atoms with van der Waals surface area (Å²) in [7, 11) is 0. The summed E-state index contributed by atoms with van der Waals surface area (Å²) in [5.74, 6) is 0. The summed E-state index contributed by atoms with van der Waals surface area (Å²) in [5, 5.41) is 0. The molecule has 0 aromatic carbocycles. The first-order valence-corrected chi connectivity index (χ1v) is 3.67. The largest absolute Gasteiger partial charge is 1.00 e. The van der Waals surface area contributed by atoms with Crippen molar-refractivity contribution in [3.8, 4) is 0 Å². The van der Waals surface area contributed by atoms with Crippen molar-refractivity contribution in [2.45, 2.75) is 0 Å². The van der Waals surface area contributed by atoms with Gasteiger partial charge in [-0.3, -0.25) is 0 Å². The Morgan fingerprint density at radius 1 is 1.14 bits per heavy atom. The maximum atomic E-state index is 8.60. The molecule has 3 nitrogen and oxygen atoms in total. The summed E-state index contributed by atoms with van der Waals surface area (Å²) in [6, 6.07) is 0. The molecular weight excluding hydrogens is 360 g/mol. The van der Waals surface area contributed by atoms with Crippen LogP contribution in [0.2, 0.25) is 0 Å². The van der Waals surface area contributed by atoms with E-state index in [2.05, 4.69) is 0 Å². The summed E-state index contributed by atoms with van der Waals surface area (Å²) in [6.07, 6.45) is 0. The van der Waals surface area contributed by atoms with E-state index in [1.54, 1.807) is 0 Å². The minimum Gasteiger partial charge on any atom is 1.00 e. The molecule has 0 spiro atoms. The first kappa shape index (κ1) is 22.4. The molecule has 0 bridgehead atoms. The van der Waals surface area contributed by atoms with Gasteiger partial charge in [0.2, 0.25) is 0 Å². The molecular formula is FO3Rb2Sb. The van der Waals surface area contributed by atoms with Crippen LogP contribution in [-0.4, -0.2) is 20.6 Å². The van der Waals surface area contributed by atoms with Crippen molar-refractivity contribution in [1.29, 1.82) is 0 Å². The van der Waals surface area contributed by atoms with Crippen molar-refractivity contribution in [1.82, 2.24) is 0 Å². The Bertz CT molecular complexity index is 61.3. The number of rotatable bonds is 0. The minimum absolute atomic E-state index is 0. The fourth-order valence-electron chi connectivity index (χ4n) is 0. The third-order valence-corrected chi connectivity index (χ3v) is 0. The molecule has 0 unspecified atom stereocenters. The van der Waals surface area contributed by atoms with E-state index in [0.29, 0.717) is 0 Å². The van der Waals surface area contributed by atoms with Crippen LogP contribution in [0.25, 0.3) is 0 Å². The van der Waals surface area contributed by atoms with Gasteiger partial charge in [-0.15, -0.1) is 0 Å². The molecule has 0 N–H and O–H groups in total. The molecule has 0 fully saturated rings. The maximum absolute atomic E-state index is 8.60. The minimum atomic E-state index is -4.20. The van der Waals surface area contributed by atoms with Crippen LogP contribution < -0.4 is 124 Å². The van der Waals surface area contributed by atoms with Crippen LogP contribution in [0, 0.1) is 0 Å². The van der Waals surface area contributed by atoms with Gasteiger partial charge >= 0.3 is 146 Å². The Kier molecular flexibility index (Phi) is 52.8. The zero-order valence-electron chi connectivity index (χ0n) is 4.05. The van der Waals surface area contributed by atoms with Crippen molar-refractivity contribution in [2.75, 3.05) is 0 Å². The van der Waals surface area contributed by atoms with Crippen LogP contribution in [0.5, 0.6) is 0 Å². The van der Waals surface area contributed by atoms with Crippen molar-refractivity contribution in [3.63, 3.8) is 0 Å².